The van der Waals surface area contributed by atoms with Crippen molar-refractivity contribution < 1.29 is 4.74 Å². The molecule has 0 heterocycles. The van der Waals surface area contributed by atoms with Crippen LogP contribution in [0.25, 0.3) is 0 Å². The Hall–Kier alpha value is -0.550. The van der Waals surface area contributed by atoms with E-state index in [0.29, 0.717) is 12.5 Å². The Morgan fingerprint density at radius 3 is 2.70 bits per heavy atom. The van der Waals surface area contributed by atoms with Gasteiger partial charge in [-0.15, -0.1) is 0 Å². The molecule has 1 fully saturated rings. The molecule has 0 amide bonds. The van der Waals surface area contributed by atoms with Gasteiger partial charge in [-0.2, -0.15) is 5.26 Å². The summed E-state index contributed by atoms with van der Waals surface area (Å²) in [6.45, 7) is 2.59. The van der Waals surface area contributed by atoms with Gasteiger partial charge in [-0.3, -0.25) is 0 Å². The minimum atomic E-state index is -0.126. The molecule has 1 atom stereocenters. The van der Waals surface area contributed by atoms with Crippen molar-refractivity contribution in [2.75, 3.05) is 6.61 Å². The summed E-state index contributed by atoms with van der Waals surface area (Å²) in [5.74, 6) is 0.532. The molecule has 0 spiro atoms. The molecule has 1 aliphatic carbocycles. The molecule has 0 aliphatic heterocycles. The van der Waals surface area contributed by atoms with Crippen LogP contribution in [0.4, 0.5) is 0 Å². The second-order valence-corrected chi connectivity index (χ2v) is 2.70. The van der Waals surface area contributed by atoms with Crippen molar-refractivity contribution in [1.82, 2.24) is 0 Å². The van der Waals surface area contributed by atoms with Crippen molar-refractivity contribution in [2.45, 2.75) is 32.3 Å². The molecule has 0 aromatic heterocycles. The van der Waals surface area contributed by atoms with Crippen LogP contribution in [0.15, 0.2) is 0 Å². The fourth-order valence-corrected chi connectivity index (χ4v) is 1.20. The van der Waals surface area contributed by atoms with Gasteiger partial charge < -0.3 is 4.74 Å². The van der Waals surface area contributed by atoms with E-state index < -0.39 is 0 Å². The van der Waals surface area contributed by atoms with E-state index >= 15 is 0 Å². The van der Waals surface area contributed by atoms with Crippen LogP contribution in [-0.2, 0) is 4.74 Å². The second kappa shape index (κ2) is 3.58. The monoisotopic (exact) mass is 139 g/mol. The molecule has 0 N–H and O–H groups in total. The zero-order valence-corrected chi connectivity index (χ0v) is 6.34. The number of ether oxygens (including phenoxy) is 1. The van der Waals surface area contributed by atoms with E-state index in [0.717, 1.165) is 0 Å². The van der Waals surface area contributed by atoms with Gasteiger partial charge in [0.05, 0.1) is 6.07 Å². The lowest BCUT2D eigenvalue weighted by atomic mass is 9.81. The summed E-state index contributed by atoms with van der Waals surface area (Å²) in [5, 5.41) is 8.62. The van der Waals surface area contributed by atoms with Crippen LogP contribution < -0.4 is 0 Å². The molecule has 0 saturated heterocycles. The highest BCUT2D eigenvalue weighted by atomic mass is 16.5. The summed E-state index contributed by atoms with van der Waals surface area (Å²) in [6, 6.07) is 2.18. The predicted octanol–water partition coefficient (Wildman–Crippen LogP) is 1.72. The Labute approximate surface area is 61.8 Å². The fourth-order valence-electron chi connectivity index (χ4n) is 1.20. The maximum absolute atomic E-state index is 8.62. The lowest BCUT2D eigenvalue weighted by Crippen LogP contribution is -2.27. The molecular formula is C8H13NO. The molecule has 0 aromatic carbocycles. The molecule has 10 heavy (non-hydrogen) atoms. The van der Waals surface area contributed by atoms with E-state index in [2.05, 4.69) is 6.07 Å². The molecule has 2 nitrogen and oxygen atoms in total. The Morgan fingerprint density at radius 1 is 1.70 bits per heavy atom. The van der Waals surface area contributed by atoms with E-state index in [-0.39, 0.29) is 6.10 Å². The summed E-state index contributed by atoms with van der Waals surface area (Å²) in [6.07, 6.45) is 3.51. The SMILES string of the molecule is CCOC(C#N)C1CCC1. The summed E-state index contributed by atoms with van der Waals surface area (Å²) in [5.41, 5.74) is 0. The Balaban J connectivity index is 2.26. The van der Waals surface area contributed by atoms with Crippen LogP contribution >= 0.6 is 0 Å². The van der Waals surface area contributed by atoms with Crippen LogP contribution in [0, 0.1) is 17.2 Å². The van der Waals surface area contributed by atoms with Crippen molar-refractivity contribution in [3.05, 3.63) is 0 Å². The van der Waals surface area contributed by atoms with Gasteiger partial charge in [0.1, 0.15) is 6.10 Å². The van der Waals surface area contributed by atoms with E-state index in [1.165, 1.54) is 19.3 Å². The smallest absolute Gasteiger partial charge is 0.146 e. The lowest BCUT2D eigenvalue weighted by molar-refractivity contribution is 0.0295. The maximum atomic E-state index is 8.62. The average Bonchev–Trinajstić information content (AvgIpc) is 1.83. The summed E-state index contributed by atoms with van der Waals surface area (Å²) < 4.78 is 5.23. The number of nitrogens with zero attached hydrogens (tertiary/aromatic N) is 1. The van der Waals surface area contributed by atoms with Gasteiger partial charge in [0.15, 0.2) is 0 Å². The molecular weight excluding hydrogens is 126 g/mol. The first-order valence-electron chi connectivity index (χ1n) is 3.89. The highest BCUT2D eigenvalue weighted by Crippen LogP contribution is 2.30. The van der Waals surface area contributed by atoms with Crippen molar-refractivity contribution in [1.29, 1.82) is 5.26 Å². The Bertz CT molecular complexity index is 135. The van der Waals surface area contributed by atoms with Gasteiger partial charge in [-0.05, 0) is 25.7 Å². The van der Waals surface area contributed by atoms with Crippen LogP contribution in [0.5, 0.6) is 0 Å². The van der Waals surface area contributed by atoms with Gasteiger partial charge in [-0.25, -0.2) is 0 Å². The summed E-state index contributed by atoms with van der Waals surface area (Å²) >= 11 is 0. The molecule has 56 valence electrons. The summed E-state index contributed by atoms with van der Waals surface area (Å²) in [4.78, 5) is 0. The molecule has 1 unspecified atom stereocenters. The average molecular weight is 139 g/mol. The topological polar surface area (TPSA) is 33.0 Å². The highest BCUT2D eigenvalue weighted by Gasteiger charge is 2.27. The van der Waals surface area contributed by atoms with Crippen LogP contribution in [0.3, 0.4) is 0 Å². The lowest BCUT2D eigenvalue weighted by Gasteiger charge is -2.28. The largest absolute Gasteiger partial charge is 0.363 e. The van der Waals surface area contributed by atoms with Crippen molar-refractivity contribution in [2.24, 2.45) is 5.92 Å². The van der Waals surface area contributed by atoms with Gasteiger partial charge in [0, 0.05) is 6.61 Å². The molecule has 2 heteroatoms. The molecule has 0 bridgehead atoms. The highest BCUT2D eigenvalue weighted by molar-refractivity contribution is 4.93. The van der Waals surface area contributed by atoms with Crippen LogP contribution in [0.2, 0.25) is 0 Å². The molecule has 1 aliphatic rings. The van der Waals surface area contributed by atoms with Gasteiger partial charge in [-0.1, -0.05) is 6.42 Å². The van der Waals surface area contributed by atoms with E-state index in [4.69, 9.17) is 10.00 Å². The first kappa shape index (κ1) is 7.56. The number of nitriles is 1. The number of rotatable bonds is 3. The fraction of sp³-hybridized carbons (Fsp3) is 0.875. The second-order valence-electron chi connectivity index (χ2n) is 2.70. The normalized spacial score (nSPS) is 21.2. The van der Waals surface area contributed by atoms with Gasteiger partial charge in [0.25, 0.3) is 0 Å². The van der Waals surface area contributed by atoms with E-state index in [1.807, 2.05) is 6.92 Å². The first-order valence-corrected chi connectivity index (χ1v) is 3.89. The first-order chi connectivity index (χ1) is 4.88. The van der Waals surface area contributed by atoms with Crippen molar-refractivity contribution >= 4 is 0 Å². The molecule has 0 radical (unpaired) electrons. The summed E-state index contributed by atoms with van der Waals surface area (Å²) in [7, 11) is 0. The third kappa shape index (κ3) is 1.48. The maximum Gasteiger partial charge on any atom is 0.146 e. The molecule has 1 rings (SSSR count). The zero-order chi connectivity index (χ0) is 7.40. The zero-order valence-electron chi connectivity index (χ0n) is 6.34. The predicted molar refractivity (Wildman–Crippen MR) is 38.4 cm³/mol. The minimum Gasteiger partial charge on any atom is -0.363 e. The van der Waals surface area contributed by atoms with Crippen LogP contribution in [-0.4, -0.2) is 12.7 Å². The minimum absolute atomic E-state index is 0.126. The third-order valence-electron chi connectivity index (χ3n) is 2.05. The Morgan fingerprint density at radius 2 is 2.40 bits per heavy atom. The van der Waals surface area contributed by atoms with E-state index in [1.54, 1.807) is 0 Å². The standard InChI is InChI=1S/C8H13NO/c1-2-10-8(6-9)7-4-3-5-7/h7-8H,2-5H2,1H3. The van der Waals surface area contributed by atoms with Gasteiger partial charge in [0.2, 0.25) is 0 Å². The van der Waals surface area contributed by atoms with Gasteiger partial charge >= 0.3 is 0 Å². The number of hydrogen-bond donors (Lipinski definition) is 0. The molecule has 1 saturated carbocycles. The van der Waals surface area contributed by atoms with Crippen LogP contribution in [0.1, 0.15) is 26.2 Å². The number of hydrogen-bond acceptors (Lipinski definition) is 2. The van der Waals surface area contributed by atoms with E-state index in [9.17, 15) is 0 Å². The Kier molecular flexibility index (Phi) is 2.70. The quantitative estimate of drug-likeness (QED) is 0.596. The van der Waals surface area contributed by atoms with Crippen molar-refractivity contribution in [3.8, 4) is 6.07 Å². The van der Waals surface area contributed by atoms with Crippen molar-refractivity contribution in [3.63, 3.8) is 0 Å². The third-order valence-corrected chi connectivity index (χ3v) is 2.05. The molecule has 0 aromatic rings.